The van der Waals surface area contributed by atoms with Gasteiger partial charge >= 0.3 is 0 Å². The third kappa shape index (κ3) is 3.58. The number of halogens is 1. The number of para-hydroxylation sites is 1. The predicted molar refractivity (Wildman–Crippen MR) is 115 cm³/mol. The van der Waals surface area contributed by atoms with Crippen LogP contribution >= 0.6 is 11.6 Å². The molecule has 1 heterocycles. The van der Waals surface area contributed by atoms with Crippen molar-refractivity contribution in [2.24, 2.45) is 0 Å². The standard InChI is InChI=1S/C24H20ClNO4/c1-30-19-9-5-7-17(13-19)22(27)14-24(29)20-10-2-3-11-21(20)26(23(24)28)15-16-6-4-8-18(25)12-16/h2-13,29H,14-15H2,1H3. The number of amides is 1. The summed E-state index contributed by atoms with van der Waals surface area (Å²) in [5.41, 5.74) is 0.280. The lowest BCUT2D eigenvalue weighted by molar-refractivity contribution is -0.136. The molecule has 3 aromatic carbocycles. The fourth-order valence-electron chi connectivity index (χ4n) is 3.78. The SMILES string of the molecule is COc1cccc(C(=O)CC2(O)C(=O)N(Cc3cccc(Cl)c3)c3ccccc32)c1. The highest BCUT2D eigenvalue weighted by Crippen LogP contribution is 2.43. The number of carbonyl (C=O) groups excluding carboxylic acids is 2. The molecule has 152 valence electrons. The number of ketones is 1. The van der Waals surface area contributed by atoms with Gasteiger partial charge < -0.3 is 14.7 Å². The maximum Gasteiger partial charge on any atom is 0.264 e. The Morgan fingerprint density at radius 1 is 1.07 bits per heavy atom. The summed E-state index contributed by atoms with van der Waals surface area (Å²) in [6, 6.07) is 20.9. The Hall–Kier alpha value is -3.15. The van der Waals surface area contributed by atoms with Crippen LogP contribution in [0.3, 0.4) is 0 Å². The Bertz CT molecular complexity index is 1130. The van der Waals surface area contributed by atoms with E-state index in [-0.39, 0.29) is 18.7 Å². The summed E-state index contributed by atoms with van der Waals surface area (Å²) in [5, 5.41) is 12.0. The van der Waals surface area contributed by atoms with Crippen molar-refractivity contribution in [3.8, 4) is 5.75 Å². The number of methoxy groups -OCH3 is 1. The number of aliphatic hydroxyl groups is 1. The van der Waals surface area contributed by atoms with Crippen LogP contribution in [0.25, 0.3) is 0 Å². The molecule has 4 rings (SSSR count). The molecule has 6 heteroatoms. The average molecular weight is 422 g/mol. The summed E-state index contributed by atoms with van der Waals surface area (Å²) in [6.07, 6.45) is -0.359. The molecular weight excluding hydrogens is 402 g/mol. The van der Waals surface area contributed by atoms with Crippen molar-refractivity contribution in [2.75, 3.05) is 12.0 Å². The van der Waals surface area contributed by atoms with E-state index in [1.807, 2.05) is 12.1 Å². The lowest BCUT2D eigenvalue weighted by Crippen LogP contribution is -2.41. The van der Waals surface area contributed by atoms with Gasteiger partial charge in [0.25, 0.3) is 5.91 Å². The summed E-state index contributed by atoms with van der Waals surface area (Å²) in [4.78, 5) is 27.8. The minimum Gasteiger partial charge on any atom is -0.497 e. The van der Waals surface area contributed by atoms with Crippen molar-refractivity contribution in [3.05, 3.63) is 94.5 Å². The molecule has 0 spiro atoms. The van der Waals surface area contributed by atoms with E-state index in [2.05, 4.69) is 0 Å². The topological polar surface area (TPSA) is 66.8 Å². The van der Waals surface area contributed by atoms with Crippen LogP contribution < -0.4 is 9.64 Å². The van der Waals surface area contributed by atoms with Crippen molar-refractivity contribution in [3.63, 3.8) is 0 Å². The molecule has 0 aliphatic carbocycles. The molecule has 1 unspecified atom stereocenters. The van der Waals surface area contributed by atoms with E-state index < -0.39 is 11.5 Å². The van der Waals surface area contributed by atoms with Gasteiger partial charge in [0.1, 0.15) is 5.75 Å². The number of hydrogen-bond acceptors (Lipinski definition) is 4. The second-order valence-electron chi connectivity index (χ2n) is 7.23. The summed E-state index contributed by atoms with van der Waals surface area (Å²) in [5.74, 6) is -0.336. The highest BCUT2D eigenvalue weighted by atomic mass is 35.5. The lowest BCUT2D eigenvalue weighted by atomic mass is 9.88. The molecule has 1 aliphatic heterocycles. The second-order valence-corrected chi connectivity index (χ2v) is 7.67. The van der Waals surface area contributed by atoms with E-state index in [4.69, 9.17) is 16.3 Å². The van der Waals surface area contributed by atoms with Gasteiger partial charge in [0.05, 0.1) is 25.8 Å². The van der Waals surface area contributed by atoms with Gasteiger partial charge in [-0.15, -0.1) is 0 Å². The zero-order chi connectivity index (χ0) is 21.3. The number of fused-ring (bicyclic) bond motifs is 1. The maximum atomic E-state index is 13.3. The van der Waals surface area contributed by atoms with E-state index >= 15 is 0 Å². The third-order valence-electron chi connectivity index (χ3n) is 5.28. The van der Waals surface area contributed by atoms with Gasteiger partial charge in [-0.3, -0.25) is 9.59 Å². The fraction of sp³-hybridized carbons (Fsp3) is 0.167. The molecule has 30 heavy (non-hydrogen) atoms. The largest absolute Gasteiger partial charge is 0.497 e. The number of nitrogens with zero attached hydrogens (tertiary/aromatic N) is 1. The monoisotopic (exact) mass is 421 g/mol. The van der Waals surface area contributed by atoms with Gasteiger partial charge in [0.2, 0.25) is 0 Å². The minimum atomic E-state index is -1.94. The number of benzene rings is 3. The van der Waals surface area contributed by atoms with Crippen LogP contribution in [0.2, 0.25) is 5.02 Å². The van der Waals surface area contributed by atoms with Crippen molar-refractivity contribution in [1.82, 2.24) is 0 Å². The van der Waals surface area contributed by atoms with Crippen molar-refractivity contribution in [2.45, 2.75) is 18.6 Å². The van der Waals surface area contributed by atoms with Gasteiger partial charge in [0, 0.05) is 16.1 Å². The number of Topliss-reactive ketones (excluding diaryl/α,β-unsaturated/α-hetero) is 1. The molecule has 1 atom stereocenters. The number of anilines is 1. The van der Waals surface area contributed by atoms with Crippen LogP contribution in [0.4, 0.5) is 5.69 Å². The molecule has 1 amide bonds. The van der Waals surface area contributed by atoms with E-state index in [1.165, 1.54) is 12.0 Å². The smallest absolute Gasteiger partial charge is 0.264 e. The van der Waals surface area contributed by atoms with Gasteiger partial charge in [-0.05, 0) is 35.9 Å². The van der Waals surface area contributed by atoms with E-state index in [9.17, 15) is 14.7 Å². The van der Waals surface area contributed by atoms with E-state index in [0.29, 0.717) is 27.6 Å². The molecule has 0 radical (unpaired) electrons. The Kier molecular flexibility index (Phi) is 5.33. The third-order valence-corrected chi connectivity index (χ3v) is 5.51. The van der Waals surface area contributed by atoms with Crippen molar-refractivity contribution >= 4 is 29.0 Å². The molecule has 1 N–H and O–H groups in total. The van der Waals surface area contributed by atoms with Gasteiger partial charge in [-0.25, -0.2) is 0 Å². The van der Waals surface area contributed by atoms with E-state index in [0.717, 1.165) is 5.56 Å². The highest BCUT2D eigenvalue weighted by Gasteiger charge is 2.50. The predicted octanol–water partition coefficient (Wildman–Crippen LogP) is 4.36. The second kappa shape index (κ2) is 7.94. The Labute approximate surface area is 179 Å². The Morgan fingerprint density at radius 2 is 1.83 bits per heavy atom. The zero-order valence-corrected chi connectivity index (χ0v) is 17.1. The Balaban J connectivity index is 1.67. The molecule has 1 aliphatic rings. The first kappa shape index (κ1) is 20.1. The van der Waals surface area contributed by atoms with Gasteiger partial charge in [-0.1, -0.05) is 54.1 Å². The van der Waals surface area contributed by atoms with Crippen LogP contribution in [0.5, 0.6) is 5.75 Å². The first-order chi connectivity index (χ1) is 14.4. The normalized spacial score (nSPS) is 17.7. The first-order valence-corrected chi connectivity index (χ1v) is 9.86. The minimum absolute atomic E-state index is 0.242. The maximum absolute atomic E-state index is 13.3. The summed E-state index contributed by atoms with van der Waals surface area (Å²) in [6.45, 7) is 0.242. The van der Waals surface area contributed by atoms with Crippen LogP contribution in [-0.4, -0.2) is 23.9 Å². The van der Waals surface area contributed by atoms with E-state index in [1.54, 1.807) is 60.7 Å². The molecule has 0 aromatic heterocycles. The molecule has 0 saturated carbocycles. The molecule has 0 bridgehead atoms. The van der Waals surface area contributed by atoms with Crippen molar-refractivity contribution < 1.29 is 19.4 Å². The zero-order valence-electron chi connectivity index (χ0n) is 16.3. The van der Waals surface area contributed by atoms with Crippen LogP contribution in [-0.2, 0) is 16.9 Å². The fourth-order valence-corrected chi connectivity index (χ4v) is 4.00. The Morgan fingerprint density at radius 3 is 2.60 bits per heavy atom. The quantitative estimate of drug-likeness (QED) is 0.601. The average Bonchev–Trinajstić information content (AvgIpc) is 2.96. The van der Waals surface area contributed by atoms with Crippen LogP contribution in [0.1, 0.15) is 27.9 Å². The number of carbonyl (C=O) groups is 2. The molecule has 0 fully saturated rings. The van der Waals surface area contributed by atoms with Crippen LogP contribution in [0.15, 0.2) is 72.8 Å². The summed E-state index contributed by atoms with van der Waals surface area (Å²) < 4.78 is 5.17. The van der Waals surface area contributed by atoms with Crippen LogP contribution in [0, 0.1) is 0 Å². The number of hydrogen-bond donors (Lipinski definition) is 1. The molecule has 5 nitrogen and oxygen atoms in total. The first-order valence-electron chi connectivity index (χ1n) is 9.48. The summed E-state index contributed by atoms with van der Waals surface area (Å²) in [7, 11) is 1.52. The van der Waals surface area contributed by atoms with Crippen molar-refractivity contribution in [1.29, 1.82) is 0 Å². The lowest BCUT2D eigenvalue weighted by Gasteiger charge is -2.23. The highest BCUT2D eigenvalue weighted by molar-refractivity contribution is 6.30. The molecule has 0 saturated heterocycles. The molecule has 3 aromatic rings. The van der Waals surface area contributed by atoms with Gasteiger partial charge in [-0.2, -0.15) is 0 Å². The number of rotatable bonds is 6. The van der Waals surface area contributed by atoms with Gasteiger partial charge in [0.15, 0.2) is 11.4 Å². The number of ether oxygens (including phenoxy) is 1. The molecular formula is C24H20ClNO4. The summed E-state index contributed by atoms with van der Waals surface area (Å²) >= 11 is 6.08.